The summed E-state index contributed by atoms with van der Waals surface area (Å²) >= 11 is 12.0. The standard InChI is InChI=1S/C13H17Cl2N3/c14-8-6-10(16)12(7-9(8)15)17-11-3-5-18-4-1-2-13(11)18/h6-7,11,13,17H,1-5,16H2. The second kappa shape index (κ2) is 4.80. The highest BCUT2D eigenvalue weighted by Crippen LogP contribution is 2.34. The number of nitrogens with one attached hydrogen (secondary N) is 1. The van der Waals surface area contributed by atoms with E-state index in [4.69, 9.17) is 28.9 Å². The summed E-state index contributed by atoms with van der Waals surface area (Å²) in [6, 6.07) is 4.68. The highest BCUT2D eigenvalue weighted by molar-refractivity contribution is 6.42. The Balaban J connectivity index is 1.78. The van der Waals surface area contributed by atoms with Gasteiger partial charge in [0, 0.05) is 18.6 Å². The Bertz CT molecular complexity index is 464. The van der Waals surface area contributed by atoms with E-state index < -0.39 is 0 Å². The summed E-state index contributed by atoms with van der Waals surface area (Å²) in [7, 11) is 0. The van der Waals surface area contributed by atoms with E-state index in [0.29, 0.717) is 27.8 Å². The second-order valence-electron chi connectivity index (χ2n) is 5.14. The molecule has 1 aromatic carbocycles. The van der Waals surface area contributed by atoms with Gasteiger partial charge < -0.3 is 11.1 Å². The average molecular weight is 286 g/mol. The number of nitrogens with zero attached hydrogens (tertiary/aromatic N) is 1. The van der Waals surface area contributed by atoms with Crippen LogP contribution in [-0.2, 0) is 0 Å². The summed E-state index contributed by atoms with van der Waals surface area (Å²) in [5.74, 6) is 0. The van der Waals surface area contributed by atoms with Gasteiger partial charge in [-0.25, -0.2) is 0 Å². The molecule has 0 aromatic heterocycles. The number of halogens is 2. The van der Waals surface area contributed by atoms with Gasteiger partial charge in [0.25, 0.3) is 0 Å². The topological polar surface area (TPSA) is 41.3 Å². The van der Waals surface area contributed by atoms with Crippen LogP contribution in [-0.4, -0.2) is 30.1 Å². The number of nitrogens with two attached hydrogens (primary N) is 1. The monoisotopic (exact) mass is 285 g/mol. The van der Waals surface area contributed by atoms with Crippen LogP contribution in [0.1, 0.15) is 19.3 Å². The maximum Gasteiger partial charge on any atom is 0.0614 e. The minimum Gasteiger partial charge on any atom is -0.397 e. The van der Waals surface area contributed by atoms with Crippen molar-refractivity contribution >= 4 is 34.6 Å². The SMILES string of the molecule is Nc1cc(Cl)c(Cl)cc1NC1CCN2CCCC12. The van der Waals surface area contributed by atoms with Crippen molar-refractivity contribution in [2.45, 2.75) is 31.3 Å². The lowest BCUT2D eigenvalue weighted by Crippen LogP contribution is -2.33. The molecule has 2 aliphatic rings. The number of hydrogen-bond donors (Lipinski definition) is 2. The van der Waals surface area contributed by atoms with E-state index >= 15 is 0 Å². The molecule has 2 fully saturated rings. The Morgan fingerprint density at radius 2 is 1.94 bits per heavy atom. The van der Waals surface area contributed by atoms with Crippen molar-refractivity contribution in [3.63, 3.8) is 0 Å². The second-order valence-corrected chi connectivity index (χ2v) is 5.95. The highest BCUT2D eigenvalue weighted by Gasteiger charge is 2.37. The number of benzene rings is 1. The van der Waals surface area contributed by atoms with E-state index in [1.54, 1.807) is 6.07 Å². The summed E-state index contributed by atoms with van der Waals surface area (Å²) < 4.78 is 0. The molecule has 3 N–H and O–H groups in total. The van der Waals surface area contributed by atoms with Gasteiger partial charge in [-0.05, 0) is 37.9 Å². The maximum absolute atomic E-state index is 6.04. The van der Waals surface area contributed by atoms with Gasteiger partial charge in [-0.15, -0.1) is 0 Å². The number of fused-ring (bicyclic) bond motifs is 1. The molecular formula is C13H17Cl2N3. The molecule has 0 spiro atoms. The molecule has 2 saturated heterocycles. The van der Waals surface area contributed by atoms with Crippen LogP contribution in [0.15, 0.2) is 12.1 Å². The lowest BCUT2D eigenvalue weighted by Gasteiger charge is -2.23. The first-order chi connectivity index (χ1) is 8.65. The van der Waals surface area contributed by atoms with Crippen LogP contribution in [0.2, 0.25) is 10.0 Å². The number of hydrogen-bond acceptors (Lipinski definition) is 3. The van der Waals surface area contributed by atoms with Gasteiger partial charge >= 0.3 is 0 Å². The molecule has 98 valence electrons. The zero-order valence-corrected chi connectivity index (χ0v) is 11.6. The van der Waals surface area contributed by atoms with Gasteiger partial charge in [-0.1, -0.05) is 23.2 Å². The molecule has 0 saturated carbocycles. The molecule has 2 aliphatic heterocycles. The van der Waals surface area contributed by atoms with Crippen molar-refractivity contribution in [1.82, 2.24) is 4.90 Å². The summed E-state index contributed by atoms with van der Waals surface area (Å²) in [5, 5.41) is 4.60. The molecule has 0 radical (unpaired) electrons. The normalized spacial score (nSPS) is 27.4. The Hall–Kier alpha value is -0.640. The van der Waals surface area contributed by atoms with Crippen LogP contribution < -0.4 is 11.1 Å². The molecule has 18 heavy (non-hydrogen) atoms. The first kappa shape index (κ1) is 12.4. The minimum atomic E-state index is 0.479. The first-order valence-electron chi connectivity index (χ1n) is 6.40. The van der Waals surface area contributed by atoms with Crippen molar-refractivity contribution in [3.05, 3.63) is 22.2 Å². The molecular weight excluding hydrogens is 269 g/mol. The van der Waals surface area contributed by atoms with E-state index in [2.05, 4.69) is 10.2 Å². The quantitative estimate of drug-likeness (QED) is 0.820. The number of anilines is 2. The fourth-order valence-electron chi connectivity index (χ4n) is 3.14. The summed E-state index contributed by atoms with van der Waals surface area (Å²) in [6.45, 7) is 2.42. The van der Waals surface area contributed by atoms with Gasteiger partial charge in [-0.3, -0.25) is 4.90 Å². The van der Waals surface area contributed by atoms with Crippen molar-refractivity contribution in [2.75, 3.05) is 24.1 Å². The fourth-order valence-corrected chi connectivity index (χ4v) is 3.47. The molecule has 1 aromatic rings. The van der Waals surface area contributed by atoms with E-state index in [1.807, 2.05) is 6.07 Å². The van der Waals surface area contributed by atoms with Crippen molar-refractivity contribution < 1.29 is 0 Å². The molecule has 5 heteroatoms. The van der Waals surface area contributed by atoms with E-state index in [1.165, 1.54) is 32.4 Å². The fraction of sp³-hybridized carbons (Fsp3) is 0.538. The van der Waals surface area contributed by atoms with Gasteiger partial charge in [0.1, 0.15) is 0 Å². The molecule has 2 unspecified atom stereocenters. The molecule has 2 atom stereocenters. The lowest BCUT2D eigenvalue weighted by molar-refractivity contribution is 0.318. The van der Waals surface area contributed by atoms with E-state index in [-0.39, 0.29) is 0 Å². The smallest absolute Gasteiger partial charge is 0.0614 e. The predicted molar refractivity (Wildman–Crippen MR) is 77.5 cm³/mol. The molecule has 2 heterocycles. The Kier molecular flexibility index (Phi) is 3.31. The summed E-state index contributed by atoms with van der Waals surface area (Å²) in [4.78, 5) is 2.56. The predicted octanol–water partition coefficient (Wildman–Crippen LogP) is 3.22. The summed E-state index contributed by atoms with van der Waals surface area (Å²) in [6.07, 6.45) is 3.75. The van der Waals surface area contributed by atoms with Gasteiger partial charge in [0.2, 0.25) is 0 Å². The van der Waals surface area contributed by atoms with Crippen molar-refractivity contribution in [3.8, 4) is 0 Å². The molecule has 0 amide bonds. The largest absolute Gasteiger partial charge is 0.397 e. The lowest BCUT2D eigenvalue weighted by atomic mass is 10.1. The van der Waals surface area contributed by atoms with Gasteiger partial charge in [0.15, 0.2) is 0 Å². The Morgan fingerprint density at radius 1 is 1.17 bits per heavy atom. The third kappa shape index (κ3) is 2.15. The Labute approximate surface area is 117 Å². The minimum absolute atomic E-state index is 0.479. The van der Waals surface area contributed by atoms with Crippen molar-refractivity contribution in [1.29, 1.82) is 0 Å². The van der Waals surface area contributed by atoms with Crippen molar-refractivity contribution in [2.24, 2.45) is 0 Å². The highest BCUT2D eigenvalue weighted by atomic mass is 35.5. The number of rotatable bonds is 2. The maximum atomic E-state index is 6.04. The zero-order valence-electron chi connectivity index (χ0n) is 10.1. The van der Waals surface area contributed by atoms with Crippen LogP contribution >= 0.6 is 23.2 Å². The summed E-state index contributed by atoms with van der Waals surface area (Å²) in [5.41, 5.74) is 7.56. The van der Waals surface area contributed by atoms with Gasteiger partial charge in [-0.2, -0.15) is 0 Å². The molecule has 0 bridgehead atoms. The van der Waals surface area contributed by atoms with Crippen LogP contribution in [0.3, 0.4) is 0 Å². The third-order valence-corrected chi connectivity index (χ3v) is 4.76. The third-order valence-electron chi connectivity index (χ3n) is 4.04. The molecule has 0 aliphatic carbocycles. The van der Waals surface area contributed by atoms with Crippen LogP contribution in [0.25, 0.3) is 0 Å². The van der Waals surface area contributed by atoms with E-state index in [9.17, 15) is 0 Å². The van der Waals surface area contributed by atoms with Crippen LogP contribution in [0.4, 0.5) is 11.4 Å². The van der Waals surface area contributed by atoms with Gasteiger partial charge in [0.05, 0.1) is 21.4 Å². The zero-order chi connectivity index (χ0) is 12.7. The Morgan fingerprint density at radius 3 is 2.78 bits per heavy atom. The average Bonchev–Trinajstić information content (AvgIpc) is 2.90. The molecule has 3 nitrogen and oxygen atoms in total. The van der Waals surface area contributed by atoms with E-state index in [0.717, 1.165) is 5.69 Å². The van der Waals surface area contributed by atoms with Crippen LogP contribution in [0, 0.1) is 0 Å². The number of nitrogen functional groups attached to an aromatic ring is 1. The van der Waals surface area contributed by atoms with Crippen LogP contribution in [0.5, 0.6) is 0 Å². The molecule has 3 rings (SSSR count). The first-order valence-corrected chi connectivity index (χ1v) is 7.16.